The molecule has 0 radical (unpaired) electrons. The summed E-state index contributed by atoms with van der Waals surface area (Å²) in [5.74, 6) is 0.483. The van der Waals surface area contributed by atoms with E-state index in [1.807, 2.05) is 6.92 Å². The zero-order chi connectivity index (χ0) is 14.5. The molecule has 0 saturated carbocycles. The van der Waals surface area contributed by atoms with Gasteiger partial charge in [-0.25, -0.2) is 9.37 Å². The fourth-order valence-electron chi connectivity index (χ4n) is 1.58. The SMILES string of the molecule is CCCNc1nc(C)cc(Oc2cc(Br)ccc2F)n1. The van der Waals surface area contributed by atoms with Gasteiger partial charge in [0, 0.05) is 22.8 Å². The minimum Gasteiger partial charge on any atom is -0.436 e. The van der Waals surface area contributed by atoms with Crippen LogP contribution in [0.15, 0.2) is 28.7 Å². The van der Waals surface area contributed by atoms with E-state index in [0.29, 0.717) is 11.8 Å². The number of anilines is 1. The smallest absolute Gasteiger partial charge is 0.226 e. The molecular formula is C14H15BrFN3O. The number of ether oxygens (including phenoxy) is 1. The Labute approximate surface area is 125 Å². The van der Waals surface area contributed by atoms with Crippen LogP contribution in [0.4, 0.5) is 10.3 Å². The topological polar surface area (TPSA) is 47.0 Å². The molecule has 1 heterocycles. The molecular weight excluding hydrogens is 325 g/mol. The van der Waals surface area contributed by atoms with E-state index in [1.165, 1.54) is 6.07 Å². The van der Waals surface area contributed by atoms with Crippen LogP contribution in [-0.2, 0) is 0 Å². The van der Waals surface area contributed by atoms with Crippen molar-refractivity contribution in [2.24, 2.45) is 0 Å². The first-order valence-electron chi connectivity index (χ1n) is 6.31. The molecule has 0 unspecified atom stereocenters. The van der Waals surface area contributed by atoms with Gasteiger partial charge in [-0.1, -0.05) is 22.9 Å². The van der Waals surface area contributed by atoms with Crippen LogP contribution in [0.3, 0.4) is 0 Å². The number of hydrogen-bond acceptors (Lipinski definition) is 4. The molecule has 0 aliphatic heterocycles. The molecule has 6 heteroatoms. The molecule has 0 aliphatic carbocycles. The number of nitrogens with one attached hydrogen (secondary N) is 1. The molecule has 0 amide bonds. The maximum atomic E-state index is 13.7. The molecule has 2 aromatic rings. The Hall–Kier alpha value is -1.69. The van der Waals surface area contributed by atoms with Crippen molar-refractivity contribution in [1.82, 2.24) is 9.97 Å². The van der Waals surface area contributed by atoms with E-state index < -0.39 is 5.82 Å². The monoisotopic (exact) mass is 339 g/mol. The fourth-order valence-corrected chi connectivity index (χ4v) is 1.92. The van der Waals surface area contributed by atoms with E-state index in [9.17, 15) is 4.39 Å². The first kappa shape index (κ1) is 14.7. The second-order valence-electron chi connectivity index (χ2n) is 4.27. The Morgan fingerprint density at radius 3 is 2.85 bits per heavy atom. The number of benzene rings is 1. The Kier molecular flexibility index (Phi) is 4.89. The molecule has 1 N–H and O–H groups in total. The largest absolute Gasteiger partial charge is 0.436 e. The van der Waals surface area contributed by atoms with Gasteiger partial charge in [0.15, 0.2) is 11.6 Å². The Balaban J connectivity index is 2.24. The Morgan fingerprint density at radius 1 is 1.30 bits per heavy atom. The molecule has 1 aromatic heterocycles. The highest BCUT2D eigenvalue weighted by Gasteiger charge is 2.08. The summed E-state index contributed by atoms with van der Waals surface area (Å²) in [5.41, 5.74) is 0.754. The van der Waals surface area contributed by atoms with Gasteiger partial charge >= 0.3 is 0 Å². The zero-order valence-corrected chi connectivity index (χ0v) is 12.9. The van der Waals surface area contributed by atoms with Crippen LogP contribution in [0.2, 0.25) is 0 Å². The van der Waals surface area contributed by atoms with Crippen molar-refractivity contribution < 1.29 is 9.13 Å². The van der Waals surface area contributed by atoms with E-state index in [2.05, 4.69) is 38.1 Å². The molecule has 4 nitrogen and oxygen atoms in total. The summed E-state index contributed by atoms with van der Waals surface area (Å²) >= 11 is 3.28. The predicted molar refractivity (Wildman–Crippen MR) is 79.7 cm³/mol. The molecule has 0 bridgehead atoms. The van der Waals surface area contributed by atoms with Gasteiger partial charge in [0.25, 0.3) is 0 Å². The summed E-state index contributed by atoms with van der Waals surface area (Å²) < 4.78 is 19.9. The van der Waals surface area contributed by atoms with Gasteiger partial charge in [0.1, 0.15) is 0 Å². The number of rotatable bonds is 5. The average Bonchev–Trinajstić information content (AvgIpc) is 2.40. The quantitative estimate of drug-likeness (QED) is 0.882. The van der Waals surface area contributed by atoms with Crippen LogP contribution < -0.4 is 10.1 Å². The van der Waals surface area contributed by atoms with Gasteiger partial charge in [0.05, 0.1) is 0 Å². The third-order valence-corrected chi connectivity index (χ3v) is 2.96. The number of aryl methyl sites for hydroxylation is 1. The van der Waals surface area contributed by atoms with Crippen molar-refractivity contribution >= 4 is 21.9 Å². The molecule has 2 rings (SSSR count). The zero-order valence-electron chi connectivity index (χ0n) is 11.3. The van der Waals surface area contributed by atoms with E-state index in [4.69, 9.17) is 4.74 Å². The number of aromatic nitrogens is 2. The second-order valence-corrected chi connectivity index (χ2v) is 5.19. The highest BCUT2D eigenvalue weighted by molar-refractivity contribution is 9.10. The molecule has 0 atom stereocenters. The van der Waals surface area contributed by atoms with Crippen molar-refractivity contribution in [3.05, 3.63) is 40.2 Å². The van der Waals surface area contributed by atoms with Gasteiger partial charge in [-0.15, -0.1) is 0 Å². The van der Waals surface area contributed by atoms with Gasteiger partial charge in [-0.2, -0.15) is 4.98 Å². The van der Waals surface area contributed by atoms with Crippen molar-refractivity contribution in [3.63, 3.8) is 0 Å². The predicted octanol–water partition coefficient (Wildman–Crippen LogP) is 4.30. The fraction of sp³-hybridized carbons (Fsp3) is 0.286. The second kappa shape index (κ2) is 6.65. The van der Waals surface area contributed by atoms with Crippen molar-refractivity contribution in [1.29, 1.82) is 0 Å². The highest BCUT2D eigenvalue weighted by atomic mass is 79.9. The summed E-state index contributed by atoms with van der Waals surface area (Å²) in [4.78, 5) is 8.46. The van der Waals surface area contributed by atoms with Crippen LogP contribution in [0.5, 0.6) is 11.6 Å². The minimum absolute atomic E-state index is 0.124. The molecule has 1 aromatic carbocycles. The third kappa shape index (κ3) is 3.90. The lowest BCUT2D eigenvalue weighted by Gasteiger charge is -2.09. The Bertz CT molecular complexity index is 607. The first-order valence-corrected chi connectivity index (χ1v) is 7.10. The van der Waals surface area contributed by atoms with E-state index in [1.54, 1.807) is 18.2 Å². The van der Waals surface area contributed by atoms with E-state index >= 15 is 0 Å². The summed E-state index contributed by atoms with van der Waals surface area (Å²) in [7, 11) is 0. The molecule has 0 spiro atoms. The third-order valence-electron chi connectivity index (χ3n) is 2.47. The van der Waals surface area contributed by atoms with Gasteiger partial charge in [0.2, 0.25) is 11.8 Å². The first-order chi connectivity index (χ1) is 9.58. The van der Waals surface area contributed by atoms with Gasteiger partial charge < -0.3 is 10.1 Å². The van der Waals surface area contributed by atoms with Crippen molar-refractivity contribution in [2.75, 3.05) is 11.9 Å². The van der Waals surface area contributed by atoms with Crippen molar-refractivity contribution in [2.45, 2.75) is 20.3 Å². The lowest BCUT2D eigenvalue weighted by Crippen LogP contribution is -2.06. The van der Waals surface area contributed by atoms with Crippen LogP contribution in [0.25, 0.3) is 0 Å². The summed E-state index contributed by atoms with van der Waals surface area (Å²) in [6.07, 6.45) is 0.966. The number of nitrogens with zero attached hydrogens (tertiary/aromatic N) is 2. The maximum Gasteiger partial charge on any atom is 0.226 e. The normalized spacial score (nSPS) is 10.4. The van der Waals surface area contributed by atoms with Gasteiger partial charge in [-0.3, -0.25) is 0 Å². The van der Waals surface area contributed by atoms with Crippen LogP contribution >= 0.6 is 15.9 Å². The molecule has 106 valence electrons. The van der Waals surface area contributed by atoms with Gasteiger partial charge in [-0.05, 0) is 31.5 Å². The summed E-state index contributed by atoms with van der Waals surface area (Å²) in [6.45, 7) is 4.66. The van der Waals surface area contributed by atoms with Crippen LogP contribution in [0.1, 0.15) is 19.0 Å². The highest BCUT2D eigenvalue weighted by Crippen LogP contribution is 2.27. The Morgan fingerprint density at radius 2 is 2.10 bits per heavy atom. The molecule has 20 heavy (non-hydrogen) atoms. The standard InChI is InChI=1S/C14H15BrFN3O/c1-3-6-17-14-18-9(2)7-13(19-14)20-12-8-10(15)4-5-11(12)16/h4-5,7-8H,3,6H2,1-2H3,(H,17,18,19). The lowest BCUT2D eigenvalue weighted by atomic mass is 10.3. The minimum atomic E-state index is -0.437. The summed E-state index contributed by atoms with van der Waals surface area (Å²) in [5, 5.41) is 3.08. The van der Waals surface area contributed by atoms with E-state index in [0.717, 1.165) is 23.1 Å². The summed E-state index contributed by atoms with van der Waals surface area (Å²) in [6, 6.07) is 6.18. The maximum absolute atomic E-state index is 13.7. The molecule has 0 aliphatic rings. The van der Waals surface area contributed by atoms with Crippen molar-refractivity contribution in [3.8, 4) is 11.6 Å². The van der Waals surface area contributed by atoms with Crippen LogP contribution in [-0.4, -0.2) is 16.5 Å². The lowest BCUT2D eigenvalue weighted by molar-refractivity contribution is 0.426. The van der Waals surface area contributed by atoms with Crippen LogP contribution in [0, 0.1) is 12.7 Å². The molecule has 0 saturated heterocycles. The number of halogens is 2. The average molecular weight is 340 g/mol. The molecule has 0 fully saturated rings. The van der Waals surface area contributed by atoms with E-state index in [-0.39, 0.29) is 5.75 Å². The number of hydrogen-bond donors (Lipinski definition) is 1.